The maximum absolute atomic E-state index is 12.1. The van der Waals surface area contributed by atoms with Gasteiger partial charge in [0.05, 0.1) is 17.3 Å². The molecule has 0 unspecified atom stereocenters. The topological polar surface area (TPSA) is 86.2 Å². The van der Waals surface area contributed by atoms with Crippen LogP contribution in [0.25, 0.3) is 10.2 Å². The predicted octanol–water partition coefficient (Wildman–Crippen LogP) is 2.39. The van der Waals surface area contributed by atoms with E-state index in [4.69, 9.17) is 4.74 Å². The lowest BCUT2D eigenvalue weighted by molar-refractivity contribution is -0.144. The van der Waals surface area contributed by atoms with Crippen molar-refractivity contribution < 1.29 is 17.9 Å². The van der Waals surface area contributed by atoms with E-state index in [1.165, 1.54) is 35.0 Å². The van der Waals surface area contributed by atoms with Crippen LogP contribution in [0, 0.1) is 0 Å². The van der Waals surface area contributed by atoms with Crippen LogP contribution in [0.4, 0.5) is 0 Å². The number of hydrogen-bond donors (Lipinski definition) is 0. The van der Waals surface area contributed by atoms with Crippen molar-refractivity contribution in [1.29, 1.82) is 0 Å². The van der Waals surface area contributed by atoms with Gasteiger partial charge in [-0.2, -0.15) is 0 Å². The van der Waals surface area contributed by atoms with Crippen molar-refractivity contribution in [2.45, 2.75) is 43.2 Å². The minimum Gasteiger partial charge on any atom is -0.461 e. The first kappa shape index (κ1) is 17.2. The van der Waals surface area contributed by atoms with E-state index in [9.17, 15) is 13.2 Å². The number of thiophene rings is 1. The van der Waals surface area contributed by atoms with E-state index in [0.29, 0.717) is 6.42 Å². The molecular weight excluding hydrogens is 380 g/mol. The molecule has 0 spiro atoms. The van der Waals surface area contributed by atoms with Gasteiger partial charge in [0.1, 0.15) is 22.3 Å². The average Bonchev–Trinajstić information content (AvgIpc) is 3.12. The molecule has 0 aromatic carbocycles. The molecule has 2 aliphatic rings. The van der Waals surface area contributed by atoms with Crippen LogP contribution in [0.2, 0.25) is 0 Å². The molecule has 9 heteroatoms. The highest BCUT2D eigenvalue weighted by Crippen LogP contribution is 2.39. The van der Waals surface area contributed by atoms with Gasteiger partial charge < -0.3 is 4.74 Å². The van der Waals surface area contributed by atoms with Gasteiger partial charge in [-0.1, -0.05) is 11.8 Å². The number of aromatic nitrogens is 2. The molecule has 1 saturated heterocycles. The third kappa shape index (κ3) is 3.68. The summed E-state index contributed by atoms with van der Waals surface area (Å²) in [5.74, 6) is -0.207. The van der Waals surface area contributed by atoms with Crippen molar-refractivity contribution in [3.05, 3.63) is 16.8 Å². The molecule has 134 valence electrons. The Morgan fingerprint density at radius 1 is 1.32 bits per heavy atom. The quantitative estimate of drug-likeness (QED) is 0.444. The molecule has 25 heavy (non-hydrogen) atoms. The lowest BCUT2D eigenvalue weighted by atomic mass is 9.97. The molecule has 2 aromatic rings. The number of sulfone groups is 1. The van der Waals surface area contributed by atoms with E-state index in [1.807, 2.05) is 0 Å². The third-order valence-electron chi connectivity index (χ3n) is 4.53. The summed E-state index contributed by atoms with van der Waals surface area (Å²) in [7, 11) is -3.04. The first-order valence-corrected chi connectivity index (χ1v) is 11.9. The Morgan fingerprint density at radius 3 is 2.96 bits per heavy atom. The summed E-state index contributed by atoms with van der Waals surface area (Å²) < 4.78 is 28.2. The standard InChI is InChI=1S/C16H18N2O4S3/c19-13(22-10-5-6-25(20,21)8-10)7-23-15-14-11-3-1-2-4-12(11)24-16(14)18-9-17-15/h9-10H,1-8H2/t10-/m0/s1. The van der Waals surface area contributed by atoms with Crippen LogP contribution in [0.5, 0.6) is 0 Å². The van der Waals surface area contributed by atoms with E-state index in [2.05, 4.69) is 9.97 Å². The molecular formula is C16H18N2O4S3. The fourth-order valence-electron chi connectivity index (χ4n) is 3.37. The zero-order chi connectivity index (χ0) is 17.4. The molecule has 1 atom stereocenters. The highest BCUT2D eigenvalue weighted by Gasteiger charge is 2.30. The number of esters is 1. The second-order valence-electron chi connectivity index (χ2n) is 6.37. The fraction of sp³-hybridized carbons (Fsp3) is 0.562. The summed E-state index contributed by atoms with van der Waals surface area (Å²) >= 11 is 3.08. The molecule has 3 heterocycles. The Labute approximate surface area is 154 Å². The van der Waals surface area contributed by atoms with Gasteiger partial charge in [-0.05, 0) is 37.7 Å². The summed E-state index contributed by atoms with van der Waals surface area (Å²) in [5, 5.41) is 1.91. The van der Waals surface area contributed by atoms with E-state index in [1.54, 1.807) is 17.7 Å². The summed E-state index contributed by atoms with van der Waals surface area (Å²) in [6, 6.07) is 0. The molecule has 0 radical (unpaired) electrons. The van der Waals surface area contributed by atoms with Crippen molar-refractivity contribution in [2.75, 3.05) is 17.3 Å². The summed E-state index contributed by atoms with van der Waals surface area (Å²) in [5.41, 5.74) is 1.34. The Hall–Kier alpha value is -1.19. The van der Waals surface area contributed by atoms with Crippen LogP contribution in [0.15, 0.2) is 11.4 Å². The van der Waals surface area contributed by atoms with Crippen molar-refractivity contribution in [3.63, 3.8) is 0 Å². The van der Waals surface area contributed by atoms with Crippen LogP contribution < -0.4 is 0 Å². The number of thioether (sulfide) groups is 1. The Balaban J connectivity index is 1.46. The number of nitrogens with zero attached hydrogens (tertiary/aromatic N) is 2. The second kappa shape index (κ2) is 6.85. The normalized spacial score (nSPS) is 22.0. The molecule has 4 rings (SSSR count). The largest absolute Gasteiger partial charge is 0.461 e. The minimum atomic E-state index is -3.04. The first-order chi connectivity index (χ1) is 12.0. The zero-order valence-corrected chi connectivity index (χ0v) is 16.0. The smallest absolute Gasteiger partial charge is 0.316 e. The van der Waals surface area contributed by atoms with Gasteiger partial charge in [0.15, 0.2) is 9.84 Å². The molecule has 1 aliphatic heterocycles. The van der Waals surface area contributed by atoms with E-state index >= 15 is 0 Å². The maximum Gasteiger partial charge on any atom is 0.316 e. The third-order valence-corrected chi connectivity index (χ3v) is 8.43. The zero-order valence-electron chi connectivity index (χ0n) is 13.6. The highest BCUT2D eigenvalue weighted by atomic mass is 32.2. The molecule has 0 amide bonds. The van der Waals surface area contributed by atoms with Gasteiger partial charge in [0, 0.05) is 10.3 Å². The SMILES string of the molecule is O=C(CSc1ncnc2sc3c(c12)CCCC3)O[C@H]1CCS(=O)(=O)C1. The van der Waals surface area contributed by atoms with Crippen LogP contribution in [0.3, 0.4) is 0 Å². The van der Waals surface area contributed by atoms with E-state index < -0.39 is 15.9 Å². The molecule has 6 nitrogen and oxygen atoms in total. The lowest BCUT2D eigenvalue weighted by Crippen LogP contribution is -2.20. The van der Waals surface area contributed by atoms with Crippen LogP contribution in [-0.4, -0.2) is 47.7 Å². The monoisotopic (exact) mass is 398 g/mol. The number of rotatable bonds is 4. The van der Waals surface area contributed by atoms with E-state index in [-0.39, 0.29) is 23.2 Å². The van der Waals surface area contributed by atoms with Crippen molar-refractivity contribution >= 4 is 49.1 Å². The summed E-state index contributed by atoms with van der Waals surface area (Å²) in [6.45, 7) is 0. The summed E-state index contributed by atoms with van der Waals surface area (Å²) in [4.78, 5) is 23.2. The van der Waals surface area contributed by atoms with Crippen molar-refractivity contribution in [1.82, 2.24) is 9.97 Å². The van der Waals surface area contributed by atoms with E-state index in [0.717, 1.165) is 28.1 Å². The van der Waals surface area contributed by atoms with Gasteiger partial charge in [-0.15, -0.1) is 11.3 Å². The van der Waals surface area contributed by atoms with Crippen molar-refractivity contribution in [3.8, 4) is 0 Å². The van der Waals surface area contributed by atoms with Gasteiger partial charge in [-0.3, -0.25) is 4.79 Å². The van der Waals surface area contributed by atoms with Crippen LogP contribution in [0.1, 0.15) is 29.7 Å². The molecule has 1 fully saturated rings. The van der Waals surface area contributed by atoms with Crippen molar-refractivity contribution in [2.24, 2.45) is 0 Å². The maximum atomic E-state index is 12.1. The predicted molar refractivity (Wildman–Crippen MR) is 97.9 cm³/mol. The first-order valence-electron chi connectivity index (χ1n) is 8.30. The molecule has 1 aliphatic carbocycles. The fourth-order valence-corrected chi connectivity index (χ4v) is 7.06. The second-order valence-corrected chi connectivity index (χ2v) is 10.6. The molecule has 0 N–H and O–H groups in total. The molecule has 0 bridgehead atoms. The van der Waals surface area contributed by atoms with Gasteiger partial charge >= 0.3 is 5.97 Å². The van der Waals surface area contributed by atoms with Gasteiger partial charge in [0.2, 0.25) is 0 Å². The number of carbonyl (C=O) groups excluding carboxylic acids is 1. The molecule has 2 aromatic heterocycles. The number of aryl methyl sites for hydroxylation is 2. The number of hydrogen-bond acceptors (Lipinski definition) is 8. The van der Waals surface area contributed by atoms with Gasteiger partial charge in [0.25, 0.3) is 0 Å². The van der Waals surface area contributed by atoms with Gasteiger partial charge in [-0.25, -0.2) is 18.4 Å². The Bertz CT molecular complexity index is 923. The average molecular weight is 399 g/mol. The number of fused-ring (bicyclic) bond motifs is 3. The van der Waals surface area contributed by atoms with Crippen LogP contribution in [-0.2, 0) is 32.2 Å². The Morgan fingerprint density at radius 2 is 2.16 bits per heavy atom. The number of ether oxygens (including phenoxy) is 1. The summed E-state index contributed by atoms with van der Waals surface area (Å²) in [6.07, 6.45) is 5.97. The highest BCUT2D eigenvalue weighted by molar-refractivity contribution is 8.00. The lowest BCUT2D eigenvalue weighted by Gasteiger charge is -2.12. The minimum absolute atomic E-state index is 0.0564. The van der Waals surface area contributed by atoms with Crippen LogP contribution >= 0.6 is 23.1 Å². The number of carbonyl (C=O) groups is 1. The molecule has 0 saturated carbocycles. The Kier molecular flexibility index (Phi) is 4.72.